The average molecular weight is 307 g/mol. The number of hydrogen-bond acceptors (Lipinski definition) is 6. The van der Waals surface area contributed by atoms with Crippen molar-refractivity contribution in [3.8, 4) is 22.8 Å². The first-order valence-corrected chi connectivity index (χ1v) is 7.68. The van der Waals surface area contributed by atoms with Gasteiger partial charge in [-0.25, -0.2) is 15.0 Å². The topological polar surface area (TPSA) is 67.1 Å². The number of piperazine rings is 1. The van der Waals surface area contributed by atoms with Crippen LogP contribution in [0.25, 0.3) is 22.8 Å². The predicted octanol–water partition coefficient (Wildman–Crippen LogP) is 2.21. The van der Waals surface area contributed by atoms with E-state index in [1.54, 1.807) is 18.6 Å². The lowest BCUT2D eigenvalue weighted by Gasteiger charge is -2.29. The van der Waals surface area contributed by atoms with Crippen LogP contribution in [0.4, 0.5) is 5.69 Å². The molecule has 4 rings (SSSR count). The molecule has 0 atom stereocenters. The minimum absolute atomic E-state index is 0.436. The van der Waals surface area contributed by atoms with E-state index >= 15 is 0 Å². The molecule has 0 unspecified atom stereocenters. The van der Waals surface area contributed by atoms with Crippen LogP contribution in [-0.4, -0.2) is 41.1 Å². The van der Waals surface area contributed by atoms with Gasteiger partial charge in [-0.2, -0.15) is 0 Å². The third kappa shape index (κ3) is 2.93. The van der Waals surface area contributed by atoms with Crippen molar-refractivity contribution in [2.24, 2.45) is 0 Å². The Morgan fingerprint density at radius 1 is 0.913 bits per heavy atom. The summed E-state index contributed by atoms with van der Waals surface area (Å²) < 4.78 is 5.20. The van der Waals surface area contributed by atoms with Crippen LogP contribution >= 0.6 is 0 Å². The number of anilines is 1. The Balaban J connectivity index is 1.53. The van der Waals surface area contributed by atoms with Gasteiger partial charge in [0.25, 0.3) is 5.89 Å². The van der Waals surface area contributed by atoms with E-state index in [1.165, 1.54) is 12.0 Å². The summed E-state index contributed by atoms with van der Waals surface area (Å²) in [5, 5.41) is 3.37. The quantitative estimate of drug-likeness (QED) is 0.800. The lowest BCUT2D eigenvalue weighted by molar-refractivity contribution is 0.569. The third-order valence-electron chi connectivity index (χ3n) is 3.96. The molecule has 1 saturated heterocycles. The zero-order chi connectivity index (χ0) is 15.5. The molecule has 1 aliphatic rings. The van der Waals surface area contributed by atoms with Gasteiger partial charge in [-0.1, -0.05) is 12.1 Å². The second kappa shape index (κ2) is 6.18. The van der Waals surface area contributed by atoms with E-state index in [0.29, 0.717) is 11.7 Å². The highest BCUT2D eigenvalue weighted by molar-refractivity contribution is 5.65. The fourth-order valence-corrected chi connectivity index (χ4v) is 2.71. The third-order valence-corrected chi connectivity index (χ3v) is 3.96. The Hall–Kier alpha value is -2.73. The van der Waals surface area contributed by atoms with E-state index in [1.807, 2.05) is 0 Å². The molecule has 2 aromatic heterocycles. The summed E-state index contributed by atoms with van der Waals surface area (Å²) in [6.07, 6.45) is 6.70. The normalized spacial score (nSPS) is 14.9. The van der Waals surface area contributed by atoms with Crippen LogP contribution in [0, 0.1) is 0 Å². The number of nitrogens with zero attached hydrogens (tertiary/aromatic N) is 4. The number of benzene rings is 1. The number of oxazole rings is 1. The van der Waals surface area contributed by atoms with Gasteiger partial charge in [0.2, 0.25) is 5.82 Å². The number of nitrogens with one attached hydrogen (secondary N) is 1. The molecule has 0 radical (unpaired) electrons. The van der Waals surface area contributed by atoms with Crippen molar-refractivity contribution < 1.29 is 4.42 Å². The minimum Gasteiger partial charge on any atom is -0.442 e. The summed E-state index contributed by atoms with van der Waals surface area (Å²) in [7, 11) is 0. The van der Waals surface area contributed by atoms with Crippen molar-refractivity contribution in [3.05, 3.63) is 49.1 Å². The first-order valence-electron chi connectivity index (χ1n) is 7.68. The molecule has 23 heavy (non-hydrogen) atoms. The summed E-state index contributed by atoms with van der Waals surface area (Å²) in [5.74, 6) is 0.932. The van der Waals surface area contributed by atoms with Crippen LogP contribution in [0.1, 0.15) is 0 Å². The van der Waals surface area contributed by atoms with Crippen molar-refractivity contribution >= 4 is 5.69 Å². The largest absolute Gasteiger partial charge is 0.442 e. The summed E-state index contributed by atoms with van der Waals surface area (Å²) in [6.45, 7) is 4.18. The molecule has 0 aliphatic carbocycles. The standard InChI is InChI=1S/C17H17N5O/c1-3-15(22-8-5-18-6-9-22)4-2-13(1)14-11-20-16(21-12-14)17-19-7-10-23-17/h1-4,7,10-12,18H,5-6,8-9H2. The summed E-state index contributed by atoms with van der Waals surface area (Å²) in [4.78, 5) is 15.1. The van der Waals surface area contributed by atoms with Gasteiger partial charge in [-0.05, 0) is 17.7 Å². The van der Waals surface area contributed by atoms with Gasteiger partial charge in [0, 0.05) is 49.8 Å². The molecule has 3 aromatic rings. The molecule has 0 saturated carbocycles. The van der Waals surface area contributed by atoms with Crippen molar-refractivity contribution in [2.45, 2.75) is 0 Å². The summed E-state index contributed by atoms with van der Waals surface area (Å²) >= 11 is 0. The number of aromatic nitrogens is 3. The zero-order valence-electron chi connectivity index (χ0n) is 12.6. The molecule has 3 heterocycles. The molecule has 0 amide bonds. The fourth-order valence-electron chi connectivity index (χ4n) is 2.71. The van der Waals surface area contributed by atoms with E-state index in [0.717, 1.165) is 37.3 Å². The first-order chi connectivity index (χ1) is 11.4. The van der Waals surface area contributed by atoms with E-state index in [4.69, 9.17) is 4.42 Å². The van der Waals surface area contributed by atoms with Gasteiger partial charge >= 0.3 is 0 Å². The molecule has 1 aliphatic heterocycles. The molecule has 1 aromatic carbocycles. The molecule has 6 nitrogen and oxygen atoms in total. The zero-order valence-corrected chi connectivity index (χ0v) is 12.6. The lowest BCUT2D eigenvalue weighted by Crippen LogP contribution is -2.43. The van der Waals surface area contributed by atoms with E-state index in [-0.39, 0.29) is 0 Å². The van der Waals surface area contributed by atoms with Crippen molar-refractivity contribution in [2.75, 3.05) is 31.1 Å². The lowest BCUT2D eigenvalue weighted by atomic mass is 10.1. The smallest absolute Gasteiger partial charge is 0.264 e. The molecule has 6 heteroatoms. The van der Waals surface area contributed by atoms with Gasteiger partial charge in [0.1, 0.15) is 6.26 Å². The maximum Gasteiger partial charge on any atom is 0.264 e. The Bertz CT molecular complexity index is 747. The molecular weight excluding hydrogens is 290 g/mol. The number of rotatable bonds is 3. The Labute approximate surface area is 134 Å². The van der Waals surface area contributed by atoms with Crippen molar-refractivity contribution in [1.82, 2.24) is 20.3 Å². The van der Waals surface area contributed by atoms with E-state index < -0.39 is 0 Å². The SMILES string of the molecule is c1coc(-c2ncc(-c3ccc(N4CCNCC4)cc3)cn2)n1. The van der Waals surface area contributed by atoms with Crippen molar-refractivity contribution in [3.63, 3.8) is 0 Å². The van der Waals surface area contributed by atoms with Crippen LogP contribution in [0.5, 0.6) is 0 Å². The van der Waals surface area contributed by atoms with Gasteiger partial charge in [-0.15, -0.1) is 0 Å². The Morgan fingerprint density at radius 2 is 1.65 bits per heavy atom. The highest BCUT2D eigenvalue weighted by Crippen LogP contribution is 2.23. The Morgan fingerprint density at radius 3 is 2.30 bits per heavy atom. The maximum absolute atomic E-state index is 5.20. The molecule has 1 fully saturated rings. The first kappa shape index (κ1) is 13.9. The summed E-state index contributed by atoms with van der Waals surface area (Å²) in [6, 6.07) is 8.53. The van der Waals surface area contributed by atoms with Gasteiger partial charge in [0.05, 0.1) is 6.20 Å². The van der Waals surface area contributed by atoms with Crippen molar-refractivity contribution in [1.29, 1.82) is 0 Å². The van der Waals surface area contributed by atoms with Gasteiger partial charge < -0.3 is 14.6 Å². The van der Waals surface area contributed by atoms with Crippen LogP contribution in [0.2, 0.25) is 0 Å². The maximum atomic E-state index is 5.20. The highest BCUT2D eigenvalue weighted by Gasteiger charge is 2.11. The van der Waals surface area contributed by atoms with Crippen LogP contribution in [0.3, 0.4) is 0 Å². The fraction of sp³-hybridized carbons (Fsp3) is 0.235. The van der Waals surface area contributed by atoms with E-state index in [9.17, 15) is 0 Å². The van der Waals surface area contributed by atoms with Crippen LogP contribution in [0.15, 0.2) is 53.5 Å². The van der Waals surface area contributed by atoms with Gasteiger partial charge in [-0.3, -0.25) is 0 Å². The second-order valence-corrected chi connectivity index (χ2v) is 5.42. The molecule has 116 valence electrons. The molecule has 1 N–H and O–H groups in total. The second-order valence-electron chi connectivity index (χ2n) is 5.42. The molecule has 0 bridgehead atoms. The minimum atomic E-state index is 0.436. The molecular formula is C17H17N5O. The van der Waals surface area contributed by atoms with Crippen LogP contribution < -0.4 is 10.2 Å². The highest BCUT2D eigenvalue weighted by atomic mass is 16.3. The van der Waals surface area contributed by atoms with Gasteiger partial charge in [0.15, 0.2) is 0 Å². The predicted molar refractivity (Wildman–Crippen MR) is 88.0 cm³/mol. The Kier molecular flexibility index (Phi) is 3.73. The molecule has 0 spiro atoms. The monoisotopic (exact) mass is 307 g/mol. The van der Waals surface area contributed by atoms with E-state index in [2.05, 4.69) is 49.4 Å². The van der Waals surface area contributed by atoms with Crippen LogP contribution in [-0.2, 0) is 0 Å². The number of hydrogen-bond donors (Lipinski definition) is 1. The summed E-state index contributed by atoms with van der Waals surface area (Å²) in [5.41, 5.74) is 3.34. The average Bonchev–Trinajstić information content (AvgIpc) is 3.18.